The standard InChI is InChI=1S/C47H22F6O2/c1-54-43-27-17-13-23-9-5-19-3-7-21-11-15-25(35-31(21)29(19)33(23)37(27)35)39(43)41-42(46(50,51)47(52,53)45(41,48)49)40-26-16-12-22-8-4-20-6-10-24-14-18-28(44(40,43)55-2)38-34(24)30(20)32(22)36(26)38/h3-18H,1-2H3. The first-order valence-corrected chi connectivity index (χ1v) is 18.1. The van der Waals surface area contributed by atoms with E-state index in [1.54, 1.807) is 36.4 Å². The van der Waals surface area contributed by atoms with Gasteiger partial charge in [-0.15, -0.1) is 0 Å². The molecule has 0 saturated heterocycles. The highest BCUT2D eigenvalue weighted by molar-refractivity contribution is 6.38. The summed E-state index contributed by atoms with van der Waals surface area (Å²) in [5.41, 5.74) is -4.35. The molecule has 8 aromatic carbocycles. The van der Waals surface area contributed by atoms with Crippen LogP contribution in [0.3, 0.4) is 0 Å². The average molecular weight is 733 g/mol. The molecule has 0 N–H and O–H groups in total. The Kier molecular flexibility index (Phi) is 4.46. The molecule has 0 spiro atoms. The predicted octanol–water partition coefficient (Wildman–Crippen LogP) is 12.4. The minimum Gasteiger partial charge on any atom is -0.365 e. The van der Waals surface area contributed by atoms with E-state index in [9.17, 15) is 0 Å². The molecule has 264 valence electrons. The smallest absolute Gasteiger partial charge is 0.365 e. The third-order valence-electron chi connectivity index (χ3n) is 14.1. The third-order valence-corrected chi connectivity index (χ3v) is 14.1. The zero-order valence-corrected chi connectivity index (χ0v) is 28.8. The van der Waals surface area contributed by atoms with Gasteiger partial charge in [-0.1, -0.05) is 97.1 Å². The molecule has 1 fully saturated rings. The maximum Gasteiger partial charge on any atom is 0.380 e. The van der Waals surface area contributed by atoms with Crippen LogP contribution in [0.2, 0.25) is 0 Å². The highest BCUT2D eigenvalue weighted by Gasteiger charge is 2.86. The molecular formula is C47H22F6O2. The quantitative estimate of drug-likeness (QED) is 0.130. The number of methoxy groups -OCH3 is 2. The normalized spacial score (nSPS) is 24.6. The number of hydrogen-bond donors (Lipinski definition) is 0. The first-order chi connectivity index (χ1) is 26.5. The van der Waals surface area contributed by atoms with Crippen molar-refractivity contribution in [2.75, 3.05) is 14.2 Å². The highest BCUT2D eigenvalue weighted by atomic mass is 19.3. The van der Waals surface area contributed by atoms with Gasteiger partial charge in [-0.3, -0.25) is 0 Å². The monoisotopic (exact) mass is 732 g/mol. The molecule has 8 heteroatoms. The van der Waals surface area contributed by atoms with Gasteiger partial charge in [-0.05, 0) is 98.0 Å². The molecule has 0 radical (unpaired) electrons. The molecule has 14 rings (SSSR count). The zero-order chi connectivity index (χ0) is 37.1. The van der Waals surface area contributed by atoms with Gasteiger partial charge in [-0.25, -0.2) is 0 Å². The van der Waals surface area contributed by atoms with Crippen LogP contribution in [0, 0.1) is 0 Å². The Morgan fingerprint density at radius 2 is 0.636 bits per heavy atom. The van der Waals surface area contributed by atoms with Gasteiger partial charge in [0.15, 0.2) is 11.2 Å². The zero-order valence-electron chi connectivity index (χ0n) is 28.8. The molecular weight excluding hydrogens is 711 g/mol. The van der Waals surface area contributed by atoms with Crippen LogP contribution in [-0.4, -0.2) is 32.0 Å². The van der Waals surface area contributed by atoms with Gasteiger partial charge < -0.3 is 9.47 Å². The maximum absolute atomic E-state index is 17.2. The number of alkyl halides is 6. The molecule has 0 heterocycles. The van der Waals surface area contributed by atoms with E-state index < -0.39 is 51.3 Å². The predicted molar refractivity (Wildman–Crippen MR) is 202 cm³/mol. The Bertz CT molecular complexity index is 3210. The molecule has 1 saturated carbocycles. The van der Waals surface area contributed by atoms with Gasteiger partial charge in [0, 0.05) is 47.6 Å². The van der Waals surface area contributed by atoms with Crippen molar-refractivity contribution >= 4 is 75.8 Å². The summed E-state index contributed by atoms with van der Waals surface area (Å²) in [6.07, 6.45) is 0. The van der Waals surface area contributed by atoms with Crippen LogP contribution >= 0.6 is 0 Å². The van der Waals surface area contributed by atoms with Gasteiger partial charge in [0.1, 0.15) is 0 Å². The minimum atomic E-state index is -5.79. The molecule has 6 aliphatic carbocycles. The molecule has 0 aromatic heterocycles. The summed E-state index contributed by atoms with van der Waals surface area (Å²) in [6, 6.07) is 29.9. The van der Waals surface area contributed by atoms with E-state index in [0.717, 1.165) is 64.6 Å². The van der Waals surface area contributed by atoms with Gasteiger partial charge >= 0.3 is 17.8 Å². The number of ether oxygens (including phenoxy) is 2. The van der Waals surface area contributed by atoms with Crippen molar-refractivity contribution in [3.8, 4) is 22.3 Å². The van der Waals surface area contributed by atoms with E-state index in [2.05, 4.69) is 0 Å². The second-order valence-corrected chi connectivity index (χ2v) is 15.8. The van der Waals surface area contributed by atoms with Crippen LogP contribution in [-0.2, 0) is 20.7 Å². The molecule has 0 aliphatic heterocycles. The summed E-state index contributed by atoms with van der Waals surface area (Å²) in [6.45, 7) is 0. The Labute approximate surface area is 306 Å². The summed E-state index contributed by atoms with van der Waals surface area (Å²) in [5, 5.41) is 10.3. The van der Waals surface area contributed by atoms with E-state index in [0.29, 0.717) is 33.4 Å². The molecule has 0 amide bonds. The van der Waals surface area contributed by atoms with Crippen molar-refractivity contribution in [3.05, 3.63) is 130 Å². The average Bonchev–Trinajstić information content (AvgIpc) is 3.78. The van der Waals surface area contributed by atoms with Gasteiger partial charge in [0.25, 0.3) is 0 Å². The second kappa shape index (κ2) is 8.27. The fraction of sp³-hybridized carbons (Fsp3) is 0.149. The number of benzene rings is 8. The summed E-state index contributed by atoms with van der Waals surface area (Å²) in [7, 11) is 2.70. The Morgan fingerprint density at radius 3 is 0.982 bits per heavy atom. The van der Waals surface area contributed by atoms with Gasteiger partial charge in [-0.2, -0.15) is 26.3 Å². The first kappa shape index (κ1) is 29.6. The lowest BCUT2D eigenvalue weighted by atomic mass is 9.52. The van der Waals surface area contributed by atoms with Crippen LogP contribution in [0.5, 0.6) is 0 Å². The van der Waals surface area contributed by atoms with Gasteiger partial charge in [0.05, 0.1) is 0 Å². The van der Waals surface area contributed by atoms with Crippen LogP contribution in [0.15, 0.2) is 108 Å². The molecule has 8 aromatic rings. The molecule has 6 aliphatic rings. The maximum atomic E-state index is 17.2. The molecule has 2 nitrogen and oxygen atoms in total. The summed E-state index contributed by atoms with van der Waals surface area (Å²) in [4.78, 5) is 0. The fourth-order valence-electron chi connectivity index (χ4n) is 12.2. The number of halogens is 6. The highest BCUT2D eigenvalue weighted by Crippen LogP contribution is 2.79. The lowest BCUT2D eigenvalue weighted by Crippen LogP contribution is -2.58. The van der Waals surface area contributed by atoms with Crippen molar-refractivity contribution in [2.45, 2.75) is 29.0 Å². The number of allylic oxidation sites excluding steroid dienone is 2. The van der Waals surface area contributed by atoms with E-state index in [1.165, 1.54) is 14.2 Å². The fourth-order valence-corrected chi connectivity index (χ4v) is 12.2. The Balaban J connectivity index is 1.32. The van der Waals surface area contributed by atoms with Crippen LogP contribution in [0.1, 0.15) is 22.3 Å². The molecule has 2 unspecified atom stereocenters. The largest absolute Gasteiger partial charge is 0.380 e. The first-order valence-electron chi connectivity index (χ1n) is 18.1. The van der Waals surface area contributed by atoms with E-state index in [4.69, 9.17) is 9.47 Å². The molecule has 0 bridgehead atoms. The van der Waals surface area contributed by atoms with E-state index in [-0.39, 0.29) is 11.1 Å². The Hall–Kier alpha value is -5.70. The van der Waals surface area contributed by atoms with Gasteiger partial charge in [0.2, 0.25) is 0 Å². The Morgan fingerprint density at radius 1 is 0.345 bits per heavy atom. The van der Waals surface area contributed by atoms with Crippen molar-refractivity contribution < 1.29 is 35.8 Å². The minimum absolute atomic E-state index is 0.151. The van der Waals surface area contributed by atoms with Crippen LogP contribution in [0.25, 0.3) is 98.0 Å². The summed E-state index contributed by atoms with van der Waals surface area (Å²) in [5.74, 6) is -16.4. The van der Waals surface area contributed by atoms with Crippen molar-refractivity contribution in [1.82, 2.24) is 0 Å². The van der Waals surface area contributed by atoms with E-state index >= 15 is 26.3 Å². The lowest BCUT2D eigenvalue weighted by molar-refractivity contribution is -0.257. The summed E-state index contributed by atoms with van der Waals surface area (Å²) >= 11 is 0. The molecule has 55 heavy (non-hydrogen) atoms. The number of hydrogen-bond acceptors (Lipinski definition) is 2. The lowest BCUT2D eigenvalue weighted by Gasteiger charge is -2.58. The number of fused-ring (bicyclic) bond motifs is 8. The topological polar surface area (TPSA) is 18.5 Å². The van der Waals surface area contributed by atoms with Crippen LogP contribution in [0.4, 0.5) is 26.3 Å². The van der Waals surface area contributed by atoms with E-state index in [1.807, 2.05) is 60.7 Å². The SMILES string of the molecule is COC12C(=C3C(=C4c5ccc6ccc7ccc8ccc(c9c8c7c6c5-9)C41OC)C(F)(F)C(F)(F)C3(F)F)c1ccc3ccc4ccc5ccc2c2c5c4c3c1-2. The van der Waals surface area contributed by atoms with Crippen molar-refractivity contribution in [3.63, 3.8) is 0 Å². The second-order valence-electron chi connectivity index (χ2n) is 15.8. The third kappa shape index (κ3) is 2.51. The van der Waals surface area contributed by atoms with Crippen molar-refractivity contribution in [1.29, 1.82) is 0 Å². The number of rotatable bonds is 2. The molecule has 2 atom stereocenters. The summed E-state index contributed by atoms with van der Waals surface area (Å²) < 4.78 is 115. The van der Waals surface area contributed by atoms with Crippen molar-refractivity contribution in [2.24, 2.45) is 0 Å². The van der Waals surface area contributed by atoms with Crippen LogP contribution < -0.4 is 0 Å².